The molecule has 4 heteroatoms. The van der Waals surface area contributed by atoms with Crippen molar-refractivity contribution in [3.05, 3.63) is 33.8 Å². The minimum atomic E-state index is 0.0231. The summed E-state index contributed by atoms with van der Waals surface area (Å²) < 4.78 is 11.4. The summed E-state index contributed by atoms with van der Waals surface area (Å²) >= 11 is 6.46. The van der Waals surface area contributed by atoms with E-state index in [9.17, 15) is 0 Å². The van der Waals surface area contributed by atoms with Crippen LogP contribution in [0.15, 0.2) is 12.1 Å². The van der Waals surface area contributed by atoms with Crippen LogP contribution in [-0.2, 0) is 9.47 Å². The minimum absolute atomic E-state index is 0.0231. The second kappa shape index (κ2) is 7.41. The van der Waals surface area contributed by atoms with E-state index in [1.807, 2.05) is 6.07 Å². The van der Waals surface area contributed by atoms with Crippen LogP contribution in [0.2, 0.25) is 5.02 Å². The second-order valence-electron chi connectivity index (χ2n) is 5.37. The molecular weight excluding hydrogens is 274 g/mol. The number of nitrogens with one attached hydrogen (secondary N) is 1. The molecule has 1 saturated heterocycles. The van der Waals surface area contributed by atoms with Crippen molar-refractivity contribution in [2.75, 3.05) is 26.4 Å². The average Bonchev–Trinajstić information content (AvgIpc) is 2.45. The predicted octanol–water partition coefficient (Wildman–Crippen LogP) is 3.41. The second-order valence-corrected chi connectivity index (χ2v) is 5.78. The van der Waals surface area contributed by atoms with Gasteiger partial charge in [0.1, 0.15) is 6.10 Å². The van der Waals surface area contributed by atoms with Gasteiger partial charge in [-0.25, -0.2) is 0 Å². The molecule has 0 amide bonds. The lowest BCUT2D eigenvalue weighted by Gasteiger charge is -2.32. The highest BCUT2D eigenvalue weighted by Crippen LogP contribution is 2.30. The van der Waals surface area contributed by atoms with E-state index in [0.29, 0.717) is 19.8 Å². The highest BCUT2D eigenvalue weighted by atomic mass is 35.5. The molecule has 112 valence electrons. The van der Waals surface area contributed by atoms with E-state index < -0.39 is 0 Å². The van der Waals surface area contributed by atoms with E-state index >= 15 is 0 Å². The Labute approximate surface area is 126 Å². The van der Waals surface area contributed by atoms with Gasteiger partial charge in [-0.15, -0.1) is 0 Å². The van der Waals surface area contributed by atoms with Gasteiger partial charge in [0.25, 0.3) is 0 Å². The van der Waals surface area contributed by atoms with Crippen LogP contribution in [-0.4, -0.2) is 32.5 Å². The van der Waals surface area contributed by atoms with Crippen LogP contribution in [0.25, 0.3) is 0 Å². The molecule has 1 aromatic carbocycles. The lowest BCUT2D eigenvalue weighted by molar-refractivity contribution is -0.102. The molecule has 1 fully saturated rings. The maximum atomic E-state index is 6.46. The van der Waals surface area contributed by atoms with Gasteiger partial charge in [-0.2, -0.15) is 0 Å². The summed E-state index contributed by atoms with van der Waals surface area (Å²) in [6.45, 7) is 9.24. The van der Waals surface area contributed by atoms with Gasteiger partial charge in [-0.3, -0.25) is 0 Å². The van der Waals surface area contributed by atoms with Crippen molar-refractivity contribution in [2.24, 2.45) is 0 Å². The van der Waals surface area contributed by atoms with Crippen molar-refractivity contribution in [3.63, 3.8) is 0 Å². The van der Waals surface area contributed by atoms with Gasteiger partial charge in [-0.1, -0.05) is 24.6 Å². The topological polar surface area (TPSA) is 30.5 Å². The van der Waals surface area contributed by atoms with E-state index in [-0.39, 0.29) is 12.1 Å². The Kier molecular flexibility index (Phi) is 5.85. The first kappa shape index (κ1) is 15.8. The third kappa shape index (κ3) is 3.73. The van der Waals surface area contributed by atoms with Gasteiger partial charge < -0.3 is 14.8 Å². The smallest absolute Gasteiger partial charge is 0.100 e. The van der Waals surface area contributed by atoms with E-state index in [1.54, 1.807) is 0 Å². The van der Waals surface area contributed by atoms with Gasteiger partial charge in [0.2, 0.25) is 0 Å². The maximum absolute atomic E-state index is 6.46. The van der Waals surface area contributed by atoms with Crippen LogP contribution >= 0.6 is 11.6 Å². The molecule has 0 saturated carbocycles. The molecule has 1 heterocycles. The van der Waals surface area contributed by atoms with E-state index in [0.717, 1.165) is 23.6 Å². The third-order valence-electron chi connectivity index (χ3n) is 3.78. The Balaban J connectivity index is 2.27. The number of rotatable bonds is 5. The lowest BCUT2D eigenvalue weighted by Crippen LogP contribution is -2.41. The zero-order valence-electron chi connectivity index (χ0n) is 12.5. The normalized spacial score (nSPS) is 20.9. The zero-order chi connectivity index (χ0) is 14.5. The number of hydrogen-bond donors (Lipinski definition) is 1. The van der Waals surface area contributed by atoms with Gasteiger partial charge in [0.05, 0.1) is 25.9 Å². The summed E-state index contributed by atoms with van der Waals surface area (Å²) in [5, 5.41) is 4.36. The molecule has 3 nitrogen and oxygen atoms in total. The summed E-state index contributed by atoms with van der Waals surface area (Å²) in [5.41, 5.74) is 3.58. The van der Waals surface area contributed by atoms with Gasteiger partial charge in [0.15, 0.2) is 0 Å². The van der Waals surface area contributed by atoms with Crippen molar-refractivity contribution in [1.82, 2.24) is 5.32 Å². The number of aryl methyl sites for hydroxylation is 2. The lowest BCUT2D eigenvalue weighted by atomic mass is 9.97. The van der Waals surface area contributed by atoms with Crippen molar-refractivity contribution >= 4 is 11.6 Å². The molecular formula is C16H24ClNO2. The first-order valence-electron chi connectivity index (χ1n) is 7.33. The molecule has 0 spiro atoms. The Morgan fingerprint density at radius 1 is 1.30 bits per heavy atom. The fraction of sp³-hybridized carbons (Fsp3) is 0.625. The van der Waals surface area contributed by atoms with Gasteiger partial charge in [-0.05, 0) is 49.6 Å². The fourth-order valence-corrected chi connectivity index (χ4v) is 2.82. The summed E-state index contributed by atoms with van der Waals surface area (Å²) in [4.78, 5) is 0. The summed E-state index contributed by atoms with van der Waals surface area (Å²) in [6.07, 6.45) is 1.10. The van der Waals surface area contributed by atoms with Crippen LogP contribution in [0.1, 0.15) is 36.1 Å². The Morgan fingerprint density at radius 2 is 2.05 bits per heavy atom. The zero-order valence-corrected chi connectivity index (χ0v) is 13.3. The van der Waals surface area contributed by atoms with Gasteiger partial charge in [0, 0.05) is 5.02 Å². The quantitative estimate of drug-likeness (QED) is 0.903. The van der Waals surface area contributed by atoms with E-state index in [2.05, 4.69) is 32.2 Å². The first-order chi connectivity index (χ1) is 9.63. The molecule has 0 aliphatic carbocycles. The Bertz CT molecular complexity index is 444. The van der Waals surface area contributed by atoms with Crippen LogP contribution in [0.4, 0.5) is 0 Å². The van der Waals surface area contributed by atoms with E-state index in [4.69, 9.17) is 21.1 Å². The first-order valence-corrected chi connectivity index (χ1v) is 7.70. The Hall–Kier alpha value is -0.610. The number of ether oxygens (including phenoxy) is 2. The molecule has 0 aromatic heterocycles. The minimum Gasteiger partial charge on any atom is -0.376 e. The van der Waals surface area contributed by atoms with Crippen LogP contribution in [0, 0.1) is 13.8 Å². The molecule has 0 radical (unpaired) electrons. The summed E-state index contributed by atoms with van der Waals surface area (Å²) in [6, 6.07) is 4.29. The van der Waals surface area contributed by atoms with Crippen molar-refractivity contribution in [2.45, 2.75) is 39.3 Å². The maximum Gasteiger partial charge on any atom is 0.100 e. The summed E-state index contributed by atoms with van der Waals surface area (Å²) in [7, 11) is 0. The Morgan fingerprint density at radius 3 is 2.70 bits per heavy atom. The molecule has 1 N–H and O–H groups in total. The van der Waals surface area contributed by atoms with E-state index in [1.165, 1.54) is 11.1 Å². The summed E-state index contributed by atoms with van der Waals surface area (Å²) in [5.74, 6) is 0. The van der Waals surface area contributed by atoms with Crippen LogP contribution in [0.3, 0.4) is 0 Å². The fourth-order valence-electron chi connectivity index (χ4n) is 2.48. The molecule has 20 heavy (non-hydrogen) atoms. The standard InChI is InChI=1S/C16H24ClNO2/c1-4-5-18-16(15-10-19-6-7-20-15)13-8-11(2)12(3)9-14(13)17/h8-9,15-16,18H,4-7,10H2,1-3H3. The molecule has 2 unspecified atom stereocenters. The van der Waals surface area contributed by atoms with Crippen molar-refractivity contribution < 1.29 is 9.47 Å². The highest BCUT2D eigenvalue weighted by molar-refractivity contribution is 6.31. The highest BCUT2D eigenvalue weighted by Gasteiger charge is 2.28. The largest absolute Gasteiger partial charge is 0.376 e. The third-order valence-corrected chi connectivity index (χ3v) is 4.10. The molecule has 2 rings (SSSR count). The van der Waals surface area contributed by atoms with Crippen molar-refractivity contribution in [3.8, 4) is 0 Å². The molecule has 1 aliphatic rings. The van der Waals surface area contributed by atoms with Crippen LogP contribution < -0.4 is 5.32 Å². The number of benzene rings is 1. The molecule has 2 atom stereocenters. The number of hydrogen-bond acceptors (Lipinski definition) is 3. The number of halogens is 1. The van der Waals surface area contributed by atoms with Crippen molar-refractivity contribution in [1.29, 1.82) is 0 Å². The molecule has 1 aliphatic heterocycles. The predicted molar refractivity (Wildman–Crippen MR) is 82.5 cm³/mol. The molecule has 1 aromatic rings. The molecule has 0 bridgehead atoms. The van der Waals surface area contributed by atoms with Crippen LogP contribution in [0.5, 0.6) is 0 Å². The average molecular weight is 298 g/mol. The SMILES string of the molecule is CCCNC(c1cc(C)c(C)cc1Cl)C1COCCO1. The van der Waals surface area contributed by atoms with Gasteiger partial charge >= 0.3 is 0 Å². The monoisotopic (exact) mass is 297 g/mol.